The normalized spacial score (nSPS) is 17.8. The molecular weight excluding hydrogens is 396 g/mol. The number of carbonyl (C=O) groups excluding carboxylic acids is 1. The number of nitrogens with one attached hydrogen (secondary N) is 3. The molecule has 0 spiro atoms. The highest BCUT2D eigenvalue weighted by Gasteiger charge is 2.35. The number of amides is 1. The van der Waals surface area contributed by atoms with E-state index in [2.05, 4.69) is 10.3 Å². The summed E-state index contributed by atoms with van der Waals surface area (Å²) < 4.78 is 27.1. The van der Waals surface area contributed by atoms with Crippen LogP contribution >= 0.6 is 0 Å². The first-order valence-corrected chi connectivity index (χ1v) is 10.9. The fourth-order valence-electron chi connectivity index (χ4n) is 3.52. The van der Waals surface area contributed by atoms with Crippen molar-refractivity contribution in [1.29, 1.82) is 0 Å². The Hall–Kier alpha value is -2.72. The highest BCUT2D eigenvalue weighted by Crippen LogP contribution is 2.23. The summed E-state index contributed by atoms with van der Waals surface area (Å²) in [6, 6.07) is 9.74. The molecule has 2 aromatic rings. The number of sulfonamides is 1. The van der Waals surface area contributed by atoms with Gasteiger partial charge < -0.3 is 10.3 Å². The maximum Gasteiger partial charge on any atom is 0.325 e. The number of aryl methyl sites for hydroxylation is 1. The second kappa shape index (κ2) is 8.75. The van der Waals surface area contributed by atoms with Crippen molar-refractivity contribution in [2.45, 2.75) is 31.1 Å². The molecule has 1 aliphatic heterocycles. The number of H-pyrrole nitrogens is 2. The number of piperidine rings is 1. The van der Waals surface area contributed by atoms with Gasteiger partial charge in [0.2, 0.25) is 15.9 Å². The first-order valence-electron chi connectivity index (χ1n) is 9.44. The molecule has 1 aromatic heterocycles. The molecule has 156 valence electrons. The summed E-state index contributed by atoms with van der Waals surface area (Å²) >= 11 is 0. The van der Waals surface area contributed by atoms with E-state index in [1.807, 2.05) is 35.3 Å². The highest BCUT2D eigenvalue weighted by atomic mass is 32.2. The molecule has 1 aromatic carbocycles. The molecule has 0 aliphatic carbocycles. The number of hydrogen-bond acceptors (Lipinski definition) is 5. The second-order valence-electron chi connectivity index (χ2n) is 7.09. The summed E-state index contributed by atoms with van der Waals surface area (Å²) in [4.78, 5) is 39.7. The number of nitrogens with zero attached hydrogens (tertiary/aromatic N) is 1. The zero-order valence-corrected chi connectivity index (χ0v) is 16.9. The molecule has 1 amide bonds. The zero-order valence-electron chi connectivity index (χ0n) is 16.1. The van der Waals surface area contributed by atoms with Gasteiger partial charge in [-0.05, 0) is 31.7 Å². The van der Waals surface area contributed by atoms with E-state index in [0.29, 0.717) is 25.8 Å². The zero-order chi connectivity index (χ0) is 21.0. The average Bonchev–Trinajstić information content (AvgIpc) is 2.68. The van der Waals surface area contributed by atoms with Gasteiger partial charge in [0.25, 0.3) is 5.56 Å². The van der Waals surface area contributed by atoms with Gasteiger partial charge in [0, 0.05) is 25.3 Å². The number of benzene rings is 1. The smallest absolute Gasteiger partial charge is 0.325 e. The minimum Gasteiger partial charge on any atom is -0.355 e. The molecule has 1 aliphatic rings. The molecule has 1 saturated heterocycles. The third kappa shape index (κ3) is 4.83. The maximum absolute atomic E-state index is 13.0. The molecule has 9 nitrogen and oxygen atoms in total. The standard InChI is InChI=1S/C19H24N4O5S/c1-13-16(18(25)22-19(26)21-13)29(27,28)23-11-5-8-15(12-23)17(24)20-10-9-14-6-3-2-4-7-14/h2-4,6-7,15H,5,8-12H2,1H3,(H,20,24)(H2,21,22,25,26). The molecule has 10 heteroatoms. The van der Waals surface area contributed by atoms with Crippen LogP contribution in [0.25, 0.3) is 0 Å². The summed E-state index contributed by atoms with van der Waals surface area (Å²) in [5.74, 6) is -0.690. The van der Waals surface area contributed by atoms with Crippen molar-refractivity contribution in [2.24, 2.45) is 5.92 Å². The Labute approximate surface area is 168 Å². The molecule has 1 unspecified atom stereocenters. The predicted molar refractivity (Wildman–Crippen MR) is 107 cm³/mol. The maximum atomic E-state index is 13.0. The van der Waals surface area contributed by atoms with Gasteiger partial charge in [0.1, 0.15) is 0 Å². The molecule has 29 heavy (non-hydrogen) atoms. The van der Waals surface area contributed by atoms with Gasteiger partial charge in [0.05, 0.1) is 5.92 Å². The first kappa shape index (κ1) is 21.0. The lowest BCUT2D eigenvalue weighted by molar-refractivity contribution is -0.126. The summed E-state index contributed by atoms with van der Waals surface area (Å²) in [5, 5.41) is 2.87. The Morgan fingerprint density at radius 1 is 1.21 bits per heavy atom. The number of rotatable bonds is 6. The lowest BCUT2D eigenvalue weighted by Crippen LogP contribution is -2.47. The number of carbonyl (C=O) groups is 1. The topological polar surface area (TPSA) is 132 Å². The number of aromatic amines is 2. The minimum absolute atomic E-state index is 0.00247. The van der Waals surface area contributed by atoms with Gasteiger partial charge >= 0.3 is 5.69 Å². The Morgan fingerprint density at radius 3 is 2.62 bits per heavy atom. The Morgan fingerprint density at radius 2 is 1.93 bits per heavy atom. The van der Waals surface area contributed by atoms with Crippen molar-refractivity contribution in [3.8, 4) is 0 Å². The highest BCUT2D eigenvalue weighted by molar-refractivity contribution is 7.89. The fourth-order valence-corrected chi connectivity index (χ4v) is 5.25. The molecule has 1 atom stereocenters. The largest absolute Gasteiger partial charge is 0.355 e. The van der Waals surface area contributed by atoms with E-state index < -0.39 is 32.1 Å². The van der Waals surface area contributed by atoms with Gasteiger partial charge in [-0.1, -0.05) is 30.3 Å². The molecule has 2 heterocycles. The number of aromatic nitrogens is 2. The van der Waals surface area contributed by atoms with E-state index in [-0.39, 0.29) is 24.7 Å². The van der Waals surface area contributed by atoms with E-state index in [4.69, 9.17) is 0 Å². The van der Waals surface area contributed by atoms with Gasteiger partial charge in [-0.15, -0.1) is 0 Å². The van der Waals surface area contributed by atoms with Gasteiger partial charge in [0.15, 0.2) is 4.90 Å². The van der Waals surface area contributed by atoms with Gasteiger partial charge in [-0.25, -0.2) is 13.2 Å². The SMILES string of the molecule is Cc1[nH]c(=O)[nH]c(=O)c1S(=O)(=O)N1CCCC(C(=O)NCCc2ccccc2)C1. The summed E-state index contributed by atoms with van der Waals surface area (Å²) in [5.41, 5.74) is -0.636. The molecule has 1 fully saturated rings. The van der Waals surface area contributed by atoms with Crippen molar-refractivity contribution in [3.05, 3.63) is 62.4 Å². The minimum atomic E-state index is -4.13. The van der Waals surface area contributed by atoms with E-state index in [1.165, 1.54) is 6.92 Å². The number of hydrogen-bond donors (Lipinski definition) is 3. The third-order valence-corrected chi connectivity index (χ3v) is 7.00. The fraction of sp³-hybridized carbons (Fsp3) is 0.421. The molecule has 0 radical (unpaired) electrons. The lowest BCUT2D eigenvalue weighted by Gasteiger charge is -2.31. The molecular formula is C19H24N4O5S. The average molecular weight is 420 g/mol. The van der Waals surface area contributed by atoms with Crippen LogP contribution in [0.3, 0.4) is 0 Å². The van der Waals surface area contributed by atoms with Crippen LogP contribution in [0.4, 0.5) is 0 Å². The van der Waals surface area contributed by atoms with Crippen LogP contribution < -0.4 is 16.6 Å². The first-order chi connectivity index (χ1) is 13.8. The molecule has 3 N–H and O–H groups in total. The Balaban J connectivity index is 1.67. The quantitative estimate of drug-likeness (QED) is 0.611. The van der Waals surface area contributed by atoms with Crippen LogP contribution in [0.2, 0.25) is 0 Å². The van der Waals surface area contributed by atoms with Crippen LogP contribution in [0.15, 0.2) is 44.8 Å². The van der Waals surface area contributed by atoms with Gasteiger partial charge in [-0.2, -0.15) is 4.31 Å². The summed E-state index contributed by atoms with van der Waals surface area (Å²) in [6.07, 6.45) is 1.77. The molecule has 3 rings (SSSR count). The van der Waals surface area contributed by atoms with Crippen molar-refractivity contribution in [2.75, 3.05) is 19.6 Å². The molecule has 0 bridgehead atoms. The van der Waals surface area contributed by atoms with Crippen molar-refractivity contribution >= 4 is 15.9 Å². The summed E-state index contributed by atoms with van der Waals surface area (Å²) in [7, 11) is -4.13. The van der Waals surface area contributed by atoms with Crippen LogP contribution in [-0.4, -0.2) is 48.2 Å². The van der Waals surface area contributed by atoms with E-state index >= 15 is 0 Å². The monoisotopic (exact) mass is 420 g/mol. The predicted octanol–water partition coefficient (Wildman–Crippen LogP) is 0.131. The van der Waals surface area contributed by atoms with Crippen LogP contribution in [-0.2, 0) is 21.2 Å². The lowest BCUT2D eigenvalue weighted by atomic mass is 9.99. The van der Waals surface area contributed by atoms with E-state index in [9.17, 15) is 22.8 Å². The Bertz CT molecular complexity index is 1090. The van der Waals surface area contributed by atoms with Crippen molar-refractivity contribution < 1.29 is 13.2 Å². The third-order valence-electron chi connectivity index (χ3n) is 4.98. The second-order valence-corrected chi connectivity index (χ2v) is 8.97. The molecule has 0 saturated carbocycles. The van der Waals surface area contributed by atoms with Gasteiger partial charge in [-0.3, -0.25) is 14.6 Å². The van der Waals surface area contributed by atoms with Crippen LogP contribution in [0.1, 0.15) is 24.1 Å². The van der Waals surface area contributed by atoms with Crippen molar-refractivity contribution in [3.63, 3.8) is 0 Å². The van der Waals surface area contributed by atoms with Crippen molar-refractivity contribution in [1.82, 2.24) is 19.6 Å². The Kier molecular flexibility index (Phi) is 6.33. The van der Waals surface area contributed by atoms with Crippen LogP contribution in [0.5, 0.6) is 0 Å². The summed E-state index contributed by atoms with van der Waals surface area (Å²) in [6.45, 7) is 2.04. The van der Waals surface area contributed by atoms with Crippen LogP contribution in [0, 0.1) is 12.8 Å². The van der Waals surface area contributed by atoms with E-state index in [0.717, 1.165) is 9.87 Å². The van der Waals surface area contributed by atoms with E-state index in [1.54, 1.807) is 0 Å².